The van der Waals surface area contributed by atoms with E-state index in [0.717, 1.165) is 0 Å². The SMILES string of the molecule is C=CCOc1cc(CO)c(CO)c(CO)c1. The average Bonchev–Trinajstić information content (AvgIpc) is 2.34. The second kappa shape index (κ2) is 6.27. The third-order valence-electron chi connectivity index (χ3n) is 2.27. The smallest absolute Gasteiger partial charge is 0.120 e. The van der Waals surface area contributed by atoms with Crippen LogP contribution in [0.4, 0.5) is 0 Å². The summed E-state index contributed by atoms with van der Waals surface area (Å²) in [4.78, 5) is 0. The van der Waals surface area contributed by atoms with Crippen molar-refractivity contribution in [1.82, 2.24) is 0 Å². The number of hydrogen-bond donors (Lipinski definition) is 3. The number of aliphatic hydroxyl groups is 3. The molecule has 0 aliphatic heterocycles. The molecule has 1 aromatic carbocycles. The van der Waals surface area contributed by atoms with E-state index in [9.17, 15) is 0 Å². The molecule has 0 unspecified atom stereocenters. The van der Waals surface area contributed by atoms with E-state index < -0.39 is 0 Å². The van der Waals surface area contributed by atoms with Gasteiger partial charge in [-0.15, -0.1) is 0 Å². The van der Waals surface area contributed by atoms with Crippen molar-refractivity contribution < 1.29 is 20.1 Å². The van der Waals surface area contributed by atoms with E-state index in [2.05, 4.69) is 6.58 Å². The quantitative estimate of drug-likeness (QED) is 0.623. The minimum atomic E-state index is -0.215. The van der Waals surface area contributed by atoms with E-state index in [0.29, 0.717) is 29.0 Å². The maximum absolute atomic E-state index is 9.15. The van der Waals surface area contributed by atoms with Crippen molar-refractivity contribution in [3.8, 4) is 5.75 Å². The number of aliphatic hydroxyl groups excluding tert-OH is 3. The van der Waals surface area contributed by atoms with Crippen LogP contribution in [0.5, 0.6) is 5.75 Å². The summed E-state index contributed by atoms with van der Waals surface area (Å²) < 4.78 is 5.32. The van der Waals surface area contributed by atoms with Gasteiger partial charge in [0.2, 0.25) is 0 Å². The van der Waals surface area contributed by atoms with Gasteiger partial charge in [-0.25, -0.2) is 0 Å². The van der Waals surface area contributed by atoms with Gasteiger partial charge in [-0.05, 0) is 28.8 Å². The maximum Gasteiger partial charge on any atom is 0.120 e. The lowest BCUT2D eigenvalue weighted by Crippen LogP contribution is -2.03. The molecule has 0 aliphatic carbocycles. The molecule has 0 radical (unpaired) electrons. The fraction of sp³-hybridized carbons (Fsp3) is 0.333. The lowest BCUT2D eigenvalue weighted by molar-refractivity contribution is 0.246. The van der Waals surface area contributed by atoms with E-state index in [4.69, 9.17) is 20.1 Å². The second-order valence-electron chi connectivity index (χ2n) is 3.29. The minimum Gasteiger partial charge on any atom is -0.490 e. The van der Waals surface area contributed by atoms with Crippen molar-refractivity contribution in [1.29, 1.82) is 0 Å². The normalized spacial score (nSPS) is 10.2. The van der Waals surface area contributed by atoms with E-state index in [-0.39, 0.29) is 19.8 Å². The predicted molar refractivity (Wildman–Crippen MR) is 59.9 cm³/mol. The number of ether oxygens (including phenoxy) is 1. The summed E-state index contributed by atoms with van der Waals surface area (Å²) >= 11 is 0. The summed E-state index contributed by atoms with van der Waals surface area (Å²) in [5, 5.41) is 27.5. The molecule has 88 valence electrons. The molecule has 0 saturated carbocycles. The standard InChI is InChI=1S/C12H16O4/c1-2-3-16-11-4-9(6-13)12(8-15)10(5-11)7-14/h2,4-5,13-15H,1,3,6-8H2. The molecule has 1 aromatic rings. The van der Waals surface area contributed by atoms with E-state index >= 15 is 0 Å². The highest BCUT2D eigenvalue weighted by molar-refractivity contribution is 5.41. The summed E-state index contributed by atoms with van der Waals surface area (Å²) in [6, 6.07) is 3.29. The lowest BCUT2D eigenvalue weighted by atomic mass is 10.0. The molecule has 4 nitrogen and oxygen atoms in total. The van der Waals surface area contributed by atoms with Gasteiger partial charge in [0.25, 0.3) is 0 Å². The zero-order chi connectivity index (χ0) is 12.0. The zero-order valence-electron chi connectivity index (χ0n) is 9.02. The van der Waals surface area contributed by atoms with Gasteiger partial charge >= 0.3 is 0 Å². The molecule has 0 saturated heterocycles. The third-order valence-corrected chi connectivity index (χ3v) is 2.27. The summed E-state index contributed by atoms with van der Waals surface area (Å²) in [6.07, 6.45) is 1.61. The predicted octanol–water partition coefficient (Wildman–Crippen LogP) is 0.728. The van der Waals surface area contributed by atoms with Crippen molar-refractivity contribution in [3.05, 3.63) is 41.5 Å². The molecule has 4 heteroatoms. The van der Waals surface area contributed by atoms with Crippen LogP contribution in [0.15, 0.2) is 24.8 Å². The molecule has 0 spiro atoms. The van der Waals surface area contributed by atoms with Crippen molar-refractivity contribution in [3.63, 3.8) is 0 Å². The Hall–Kier alpha value is -1.36. The van der Waals surface area contributed by atoms with Crippen LogP contribution in [0.2, 0.25) is 0 Å². The van der Waals surface area contributed by atoms with Gasteiger partial charge in [0.15, 0.2) is 0 Å². The van der Waals surface area contributed by atoms with E-state index in [1.165, 1.54) is 0 Å². The Balaban J connectivity index is 3.09. The van der Waals surface area contributed by atoms with Gasteiger partial charge in [-0.2, -0.15) is 0 Å². The summed E-state index contributed by atoms with van der Waals surface area (Å²) in [5.41, 5.74) is 1.68. The highest BCUT2D eigenvalue weighted by Crippen LogP contribution is 2.23. The van der Waals surface area contributed by atoms with Gasteiger partial charge in [0.1, 0.15) is 12.4 Å². The second-order valence-corrected chi connectivity index (χ2v) is 3.29. The molecule has 0 bridgehead atoms. The van der Waals surface area contributed by atoms with Crippen LogP contribution < -0.4 is 4.74 Å². The minimum absolute atomic E-state index is 0.200. The van der Waals surface area contributed by atoms with Crippen LogP contribution >= 0.6 is 0 Å². The number of benzene rings is 1. The highest BCUT2D eigenvalue weighted by Gasteiger charge is 2.09. The first-order valence-electron chi connectivity index (χ1n) is 4.97. The fourth-order valence-corrected chi connectivity index (χ4v) is 1.49. The molecule has 0 fully saturated rings. The van der Waals surface area contributed by atoms with Crippen molar-refractivity contribution in [2.75, 3.05) is 6.61 Å². The van der Waals surface area contributed by atoms with Crippen LogP contribution in [-0.2, 0) is 19.8 Å². The molecular weight excluding hydrogens is 208 g/mol. The first kappa shape index (κ1) is 12.7. The topological polar surface area (TPSA) is 69.9 Å². The first-order valence-corrected chi connectivity index (χ1v) is 4.97. The largest absolute Gasteiger partial charge is 0.490 e. The Morgan fingerprint density at radius 1 is 1.06 bits per heavy atom. The van der Waals surface area contributed by atoms with Gasteiger partial charge in [0, 0.05) is 0 Å². The monoisotopic (exact) mass is 224 g/mol. The Morgan fingerprint density at radius 2 is 1.62 bits per heavy atom. The zero-order valence-corrected chi connectivity index (χ0v) is 9.02. The molecule has 1 rings (SSSR count). The van der Waals surface area contributed by atoms with E-state index in [1.54, 1.807) is 18.2 Å². The summed E-state index contributed by atoms with van der Waals surface area (Å²) in [6.45, 7) is 3.27. The fourth-order valence-electron chi connectivity index (χ4n) is 1.49. The molecule has 0 heterocycles. The number of hydrogen-bond acceptors (Lipinski definition) is 4. The Labute approximate surface area is 94.4 Å². The lowest BCUT2D eigenvalue weighted by Gasteiger charge is -2.13. The van der Waals surface area contributed by atoms with Crippen LogP contribution in [0.3, 0.4) is 0 Å². The maximum atomic E-state index is 9.15. The van der Waals surface area contributed by atoms with Gasteiger partial charge in [0.05, 0.1) is 19.8 Å². The Kier molecular flexibility index (Phi) is 4.98. The highest BCUT2D eigenvalue weighted by atomic mass is 16.5. The number of rotatable bonds is 6. The van der Waals surface area contributed by atoms with Crippen LogP contribution in [0.25, 0.3) is 0 Å². The third kappa shape index (κ3) is 2.82. The first-order chi connectivity index (χ1) is 7.76. The Bertz CT molecular complexity index is 335. The molecular formula is C12H16O4. The van der Waals surface area contributed by atoms with Crippen molar-refractivity contribution >= 4 is 0 Å². The van der Waals surface area contributed by atoms with Gasteiger partial charge < -0.3 is 20.1 Å². The molecule has 0 aromatic heterocycles. The summed E-state index contributed by atoms with van der Waals surface area (Å²) in [7, 11) is 0. The molecule has 0 atom stereocenters. The molecule has 0 amide bonds. The molecule has 16 heavy (non-hydrogen) atoms. The average molecular weight is 224 g/mol. The summed E-state index contributed by atoms with van der Waals surface area (Å²) in [5.74, 6) is 0.546. The molecule has 0 aliphatic rings. The molecule has 3 N–H and O–H groups in total. The Morgan fingerprint density at radius 3 is 2.00 bits per heavy atom. The van der Waals surface area contributed by atoms with Crippen LogP contribution in [0.1, 0.15) is 16.7 Å². The van der Waals surface area contributed by atoms with Crippen LogP contribution in [-0.4, -0.2) is 21.9 Å². The van der Waals surface area contributed by atoms with Crippen LogP contribution in [0, 0.1) is 0 Å². The van der Waals surface area contributed by atoms with Crippen molar-refractivity contribution in [2.24, 2.45) is 0 Å². The van der Waals surface area contributed by atoms with Crippen molar-refractivity contribution in [2.45, 2.75) is 19.8 Å². The van der Waals surface area contributed by atoms with Gasteiger partial charge in [-0.1, -0.05) is 12.7 Å². The van der Waals surface area contributed by atoms with Gasteiger partial charge in [-0.3, -0.25) is 0 Å². The van der Waals surface area contributed by atoms with E-state index in [1.807, 2.05) is 0 Å².